The maximum atomic E-state index is 14.6. The standard InChI is InChI=1S/C30H40F2N8O2/c1-19(41)37-11-7-22(8-12-37)40-26-9-13-38(30(42)33-2)18-25(26)29(36(40)4)39-10-5-6-20-14-23(21-16-34-35(3)17-21)24(28(31)32)15-27(20)39/h14-17,22,28-29H,5-13,18H2,1-4H3,(H,33,42)/t29-/m1/s1. The number of hydrogen-bond donors (Lipinski definition) is 1. The van der Waals surface area contributed by atoms with Gasteiger partial charge in [-0.3, -0.25) is 9.48 Å². The van der Waals surface area contributed by atoms with E-state index < -0.39 is 6.43 Å². The highest BCUT2D eigenvalue weighted by molar-refractivity contribution is 5.76. The normalized spacial score (nSPS) is 21.7. The van der Waals surface area contributed by atoms with Crippen molar-refractivity contribution in [2.75, 3.05) is 51.7 Å². The van der Waals surface area contributed by atoms with Gasteiger partial charge in [-0.1, -0.05) is 0 Å². The van der Waals surface area contributed by atoms with Crippen LogP contribution in [0.3, 0.4) is 0 Å². The summed E-state index contributed by atoms with van der Waals surface area (Å²) in [6.07, 6.45) is 4.72. The fourth-order valence-electron chi connectivity index (χ4n) is 7.35. The van der Waals surface area contributed by atoms with Gasteiger partial charge in [-0.05, 0) is 48.9 Å². The molecule has 0 unspecified atom stereocenters. The van der Waals surface area contributed by atoms with Crippen LogP contribution in [0.25, 0.3) is 11.1 Å². The number of anilines is 1. The van der Waals surface area contributed by atoms with Crippen LogP contribution in [0.1, 0.15) is 50.2 Å². The molecular weight excluding hydrogens is 542 g/mol. The first kappa shape index (κ1) is 28.4. The van der Waals surface area contributed by atoms with Gasteiger partial charge in [0, 0.05) is 108 Å². The van der Waals surface area contributed by atoms with Crippen LogP contribution in [0.2, 0.25) is 0 Å². The van der Waals surface area contributed by atoms with Gasteiger partial charge >= 0.3 is 6.03 Å². The molecule has 1 fully saturated rings. The minimum atomic E-state index is -2.63. The molecule has 5 heterocycles. The average Bonchev–Trinajstić information content (AvgIpc) is 3.55. The van der Waals surface area contributed by atoms with Gasteiger partial charge in [-0.15, -0.1) is 0 Å². The Hall–Kier alpha value is -3.67. The third-order valence-electron chi connectivity index (χ3n) is 9.34. The summed E-state index contributed by atoms with van der Waals surface area (Å²) < 4.78 is 30.8. The van der Waals surface area contributed by atoms with Crippen LogP contribution >= 0.6 is 0 Å². The van der Waals surface area contributed by atoms with Gasteiger partial charge in [0.15, 0.2) is 0 Å². The molecule has 12 heteroatoms. The minimum absolute atomic E-state index is 0.00703. The highest BCUT2D eigenvalue weighted by Gasteiger charge is 2.46. The van der Waals surface area contributed by atoms with E-state index >= 15 is 0 Å². The van der Waals surface area contributed by atoms with Crippen molar-refractivity contribution in [1.82, 2.24) is 34.9 Å². The smallest absolute Gasteiger partial charge is 0.317 e. The van der Waals surface area contributed by atoms with E-state index in [2.05, 4.69) is 32.4 Å². The third-order valence-corrected chi connectivity index (χ3v) is 9.34. The maximum absolute atomic E-state index is 14.6. The van der Waals surface area contributed by atoms with Crippen molar-refractivity contribution in [3.63, 3.8) is 0 Å². The number of nitrogens with zero attached hydrogens (tertiary/aromatic N) is 7. The summed E-state index contributed by atoms with van der Waals surface area (Å²) in [5.41, 5.74) is 5.47. The van der Waals surface area contributed by atoms with Crippen LogP contribution in [0.5, 0.6) is 0 Å². The predicted molar refractivity (Wildman–Crippen MR) is 156 cm³/mol. The Bertz CT molecular complexity index is 1400. The van der Waals surface area contributed by atoms with Crippen molar-refractivity contribution >= 4 is 17.6 Å². The van der Waals surface area contributed by atoms with Gasteiger partial charge in [0.2, 0.25) is 5.91 Å². The lowest BCUT2D eigenvalue weighted by Gasteiger charge is -2.46. The average molecular weight is 583 g/mol. The van der Waals surface area contributed by atoms with E-state index in [1.54, 1.807) is 44.2 Å². The first-order chi connectivity index (χ1) is 20.2. The number of carbonyl (C=O) groups excluding carboxylic acids is 2. The number of nitrogens with one attached hydrogen (secondary N) is 1. The first-order valence-electron chi connectivity index (χ1n) is 14.8. The van der Waals surface area contributed by atoms with Gasteiger partial charge in [0.05, 0.1) is 6.20 Å². The second-order valence-corrected chi connectivity index (χ2v) is 11.8. The molecule has 6 rings (SSSR count). The highest BCUT2D eigenvalue weighted by Crippen LogP contribution is 2.44. The number of rotatable bonds is 4. The lowest BCUT2D eigenvalue weighted by atomic mass is 9.92. The van der Waals surface area contributed by atoms with Crippen LogP contribution in [-0.4, -0.2) is 101 Å². The van der Waals surface area contributed by atoms with Crippen molar-refractivity contribution < 1.29 is 18.4 Å². The van der Waals surface area contributed by atoms with Crippen LogP contribution in [-0.2, 0) is 18.3 Å². The summed E-state index contributed by atoms with van der Waals surface area (Å²) in [5.74, 6) is 0.102. The van der Waals surface area contributed by atoms with Gasteiger partial charge < -0.3 is 25.0 Å². The first-order valence-corrected chi connectivity index (χ1v) is 14.8. The number of piperidine rings is 1. The third kappa shape index (κ3) is 4.89. The van der Waals surface area contributed by atoms with E-state index in [0.29, 0.717) is 37.3 Å². The Morgan fingerprint density at radius 2 is 1.81 bits per heavy atom. The largest absolute Gasteiger partial charge is 0.350 e. The Balaban J connectivity index is 1.39. The molecule has 3 amide bonds. The summed E-state index contributed by atoms with van der Waals surface area (Å²) in [7, 11) is 5.51. The van der Waals surface area contributed by atoms with Crippen LogP contribution < -0.4 is 10.2 Å². The van der Waals surface area contributed by atoms with Gasteiger partial charge in [0.1, 0.15) is 6.17 Å². The van der Waals surface area contributed by atoms with Crippen molar-refractivity contribution in [2.24, 2.45) is 7.05 Å². The van der Waals surface area contributed by atoms with E-state index in [4.69, 9.17) is 0 Å². The lowest BCUT2D eigenvalue weighted by Crippen LogP contribution is -2.55. The molecule has 226 valence electrons. The lowest BCUT2D eigenvalue weighted by molar-refractivity contribution is -0.131. The van der Waals surface area contributed by atoms with Crippen LogP contribution in [0.15, 0.2) is 35.8 Å². The number of carbonyl (C=O) groups is 2. The molecule has 0 spiro atoms. The zero-order valence-electron chi connectivity index (χ0n) is 24.8. The summed E-state index contributed by atoms with van der Waals surface area (Å²) in [4.78, 5) is 30.7. The molecule has 0 saturated carbocycles. The molecule has 0 bridgehead atoms. The molecule has 4 aliphatic heterocycles. The molecule has 0 radical (unpaired) electrons. The fraction of sp³-hybridized carbons (Fsp3) is 0.567. The Morgan fingerprint density at radius 3 is 2.45 bits per heavy atom. The van der Waals surface area contributed by atoms with E-state index in [1.807, 2.05) is 15.9 Å². The van der Waals surface area contributed by atoms with Gasteiger partial charge in [-0.2, -0.15) is 10.1 Å². The van der Waals surface area contributed by atoms with Crippen LogP contribution in [0, 0.1) is 0 Å². The molecule has 1 N–H and O–H groups in total. The number of hydrazine groups is 1. The van der Waals surface area contributed by atoms with E-state index in [1.165, 1.54) is 5.70 Å². The summed E-state index contributed by atoms with van der Waals surface area (Å²) >= 11 is 0. The van der Waals surface area contributed by atoms with Gasteiger partial charge in [-0.25, -0.2) is 13.6 Å². The number of likely N-dealkylation sites (N-methyl/N-ethyl adjacent to an activating group) is 1. The fourth-order valence-corrected chi connectivity index (χ4v) is 7.35. The summed E-state index contributed by atoms with van der Waals surface area (Å²) in [6.45, 7) is 4.86. The second kappa shape index (κ2) is 11.2. The number of alkyl halides is 2. The predicted octanol–water partition coefficient (Wildman–Crippen LogP) is 3.58. The molecule has 1 saturated heterocycles. The maximum Gasteiger partial charge on any atom is 0.317 e. The number of amides is 3. The van der Waals surface area contributed by atoms with E-state index in [-0.39, 0.29) is 29.7 Å². The van der Waals surface area contributed by atoms with Crippen molar-refractivity contribution in [2.45, 2.75) is 57.7 Å². The Morgan fingerprint density at radius 1 is 1.05 bits per heavy atom. The number of fused-ring (bicyclic) bond motifs is 1. The molecule has 10 nitrogen and oxygen atoms in total. The molecule has 1 aromatic heterocycles. The molecule has 2 aromatic rings. The van der Waals surface area contributed by atoms with Crippen molar-refractivity contribution in [3.8, 4) is 11.1 Å². The minimum Gasteiger partial charge on any atom is -0.350 e. The SMILES string of the molecule is CNC(=O)N1CCC2=C(C1)[C@@H](N1CCCc3cc(-c4cnn(C)c4)c(C(F)F)cc31)N(C)N2C1CCN(C(C)=O)CC1. The molecule has 42 heavy (non-hydrogen) atoms. The quantitative estimate of drug-likeness (QED) is 0.594. The van der Waals surface area contributed by atoms with Crippen LogP contribution in [0.4, 0.5) is 19.3 Å². The highest BCUT2D eigenvalue weighted by atomic mass is 19.3. The zero-order valence-corrected chi connectivity index (χ0v) is 24.8. The molecule has 1 aromatic carbocycles. The zero-order chi connectivity index (χ0) is 29.7. The topological polar surface area (TPSA) is 80.2 Å². The number of benzene rings is 1. The number of aromatic nitrogens is 2. The molecule has 0 aliphatic carbocycles. The Labute approximate surface area is 245 Å². The summed E-state index contributed by atoms with van der Waals surface area (Å²) in [5, 5.41) is 11.6. The Kier molecular flexibility index (Phi) is 7.59. The van der Waals surface area contributed by atoms with Crippen molar-refractivity contribution in [1.29, 1.82) is 0 Å². The number of hydrogen-bond acceptors (Lipinski definition) is 6. The summed E-state index contributed by atoms with van der Waals surface area (Å²) in [6, 6.07) is 3.72. The molecule has 4 aliphatic rings. The molecule has 1 atom stereocenters. The van der Waals surface area contributed by atoms with E-state index in [0.717, 1.165) is 55.5 Å². The second-order valence-electron chi connectivity index (χ2n) is 11.8. The number of halogens is 2. The number of likely N-dealkylation sites (tertiary alicyclic amines) is 1. The number of aryl methyl sites for hydroxylation is 2. The van der Waals surface area contributed by atoms with Gasteiger partial charge in [0.25, 0.3) is 6.43 Å². The van der Waals surface area contributed by atoms with E-state index in [9.17, 15) is 18.4 Å². The van der Waals surface area contributed by atoms with Crippen molar-refractivity contribution in [3.05, 3.63) is 46.9 Å². The monoisotopic (exact) mass is 582 g/mol. The molecular formula is C30H40F2N8O2. The number of urea groups is 1.